The van der Waals surface area contributed by atoms with Crippen molar-refractivity contribution in [1.82, 2.24) is 0 Å². The second-order valence-electron chi connectivity index (χ2n) is 9.24. The van der Waals surface area contributed by atoms with Crippen molar-refractivity contribution in [2.45, 2.75) is 143 Å². The van der Waals surface area contributed by atoms with Gasteiger partial charge in [0.25, 0.3) is 0 Å². The molecule has 1 unspecified atom stereocenters. The van der Waals surface area contributed by atoms with Crippen molar-refractivity contribution in [2.24, 2.45) is 5.92 Å². The topological polar surface area (TPSA) is 52.6 Å². The molecular formula is C27H52O4. The summed E-state index contributed by atoms with van der Waals surface area (Å²) in [6, 6.07) is 0. The van der Waals surface area contributed by atoms with Crippen LogP contribution in [-0.4, -0.2) is 25.2 Å². The van der Waals surface area contributed by atoms with E-state index in [1.807, 2.05) is 0 Å². The molecule has 4 nitrogen and oxygen atoms in total. The van der Waals surface area contributed by atoms with E-state index in [9.17, 15) is 9.59 Å². The first-order chi connectivity index (χ1) is 15.1. The molecule has 0 aliphatic heterocycles. The van der Waals surface area contributed by atoms with E-state index in [0.29, 0.717) is 32.0 Å². The standard InChI is InChI=1S/C27H52O4/c1-4-6-8-18-22-30-26(28)21-17-15-13-11-10-12-14-16-20-25(3)24-27(29)31-23-19-9-7-5-2/h25H,4-24H2,1-3H3. The first-order valence-electron chi connectivity index (χ1n) is 13.4. The van der Waals surface area contributed by atoms with Gasteiger partial charge in [-0.15, -0.1) is 0 Å². The Labute approximate surface area is 193 Å². The Kier molecular flexibility index (Phi) is 22.8. The summed E-state index contributed by atoms with van der Waals surface area (Å²) in [6.07, 6.45) is 21.0. The molecule has 0 N–H and O–H groups in total. The summed E-state index contributed by atoms with van der Waals surface area (Å²) in [6.45, 7) is 7.72. The fourth-order valence-electron chi connectivity index (χ4n) is 3.77. The smallest absolute Gasteiger partial charge is 0.306 e. The van der Waals surface area contributed by atoms with Crippen molar-refractivity contribution in [3.63, 3.8) is 0 Å². The van der Waals surface area contributed by atoms with E-state index in [2.05, 4.69) is 20.8 Å². The number of ether oxygens (including phenoxy) is 2. The lowest BCUT2D eigenvalue weighted by Gasteiger charge is -2.11. The molecule has 4 heteroatoms. The van der Waals surface area contributed by atoms with Crippen LogP contribution in [0.5, 0.6) is 0 Å². The molecule has 31 heavy (non-hydrogen) atoms. The molecular weight excluding hydrogens is 388 g/mol. The first-order valence-corrected chi connectivity index (χ1v) is 13.4. The zero-order valence-electron chi connectivity index (χ0n) is 21.1. The summed E-state index contributed by atoms with van der Waals surface area (Å²) in [5.41, 5.74) is 0. The Bertz CT molecular complexity index is 408. The minimum atomic E-state index is -0.0237. The van der Waals surface area contributed by atoms with Gasteiger partial charge in [0.05, 0.1) is 13.2 Å². The first kappa shape index (κ1) is 29.9. The fraction of sp³-hybridized carbons (Fsp3) is 0.926. The average molecular weight is 441 g/mol. The van der Waals surface area contributed by atoms with Crippen LogP contribution in [-0.2, 0) is 19.1 Å². The van der Waals surface area contributed by atoms with Gasteiger partial charge in [-0.1, -0.05) is 111 Å². The Morgan fingerprint density at radius 1 is 0.581 bits per heavy atom. The van der Waals surface area contributed by atoms with Gasteiger partial charge < -0.3 is 9.47 Å². The molecule has 0 aromatic rings. The van der Waals surface area contributed by atoms with Crippen molar-refractivity contribution in [2.75, 3.05) is 13.2 Å². The molecule has 184 valence electrons. The molecule has 1 atom stereocenters. The molecule has 0 aliphatic rings. The van der Waals surface area contributed by atoms with Crippen LogP contribution in [0, 0.1) is 5.92 Å². The third-order valence-corrected chi connectivity index (χ3v) is 5.86. The normalized spacial score (nSPS) is 12.0. The summed E-state index contributed by atoms with van der Waals surface area (Å²) >= 11 is 0. The zero-order chi connectivity index (χ0) is 23.0. The lowest BCUT2D eigenvalue weighted by Crippen LogP contribution is -2.10. The largest absolute Gasteiger partial charge is 0.466 e. The molecule has 0 spiro atoms. The molecule has 0 heterocycles. The van der Waals surface area contributed by atoms with Crippen LogP contribution in [0.1, 0.15) is 143 Å². The summed E-state index contributed by atoms with van der Waals surface area (Å²) in [5, 5.41) is 0. The number of carbonyl (C=O) groups is 2. The molecule has 0 aliphatic carbocycles. The number of esters is 2. The summed E-state index contributed by atoms with van der Waals surface area (Å²) in [7, 11) is 0. The molecule has 0 bridgehead atoms. The van der Waals surface area contributed by atoms with Crippen molar-refractivity contribution < 1.29 is 19.1 Å². The summed E-state index contributed by atoms with van der Waals surface area (Å²) in [4.78, 5) is 23.5. The van der Waals surface area contributed by atoms with E-state index >= 15 is 0 Å². The van der Waals surface area contributed by atoms with Crippen molar-refractivity contribution in [1.29, 1.82) is 0 Å². The molecule has 0 amide bonds. The van der Waals surface area contributed by atoms with Gasteiger partial charge in [-0.05, 0) is 25.2 Å². The van der Waals surface area contributed by atoms with E-state index < -0.39 is 0 Å². The van der Waals surface area contributed by atoms with Crippen LogP contribution >= 0.6 is 0 Å². The highest BCUT2D eigenvalue weighted by atomic mass is 16.5. The minimum absolute atomic E-state index is 0.0222. The molecule has 0 fully saturated rings. The molecule has 0 aromatic carbocycles. The number of hydrogen-bond donors (Lipinski definition) is 0. The van der Waals surface area contributed by atoms with E-state index in [1.165, 1.54) is 64.2 Å². The predicted molar refractivity (Wildman–Crippen MR) is 130 cm³/mol. The van der Waals surface area contributed by atoms with E-state index in [1.54, 1.807) is 0 Å². The monoisotopic (exact) mass is 440 g/mol. The third-order valence-electron chi connectivity index (χ3n) is 5.86. The summed E-state index contributed by atoms with van der Waals surface area (Å²) < 4.78 is 10.6. The average Bonchev–Trinajstić information content (AvgIpc) is 2.74. The lowest BCUT2D eigenvalue weighted by atomic mass is 9.99. The minimum Gasteiger partial charge on any atom is -0.466 e. The Morgan fingerprint density at radius 3 is 1.58 bits per heavy atom. The highest BCUT2D eigenvalue weighted by molar-refractivity contribution is 5.69. The van der Waals surface area contributed by atoms with Gasteiger partial charge in [0.15, 0.2) is 0 Å². The van der Waals surface area contributed by atoms with Crippen molar-refractivity contribution >= 4 is 11.9 Å². The van der Waals surface area contributed by atoms with Crippen LogP contribution in [0.4, 0.5) is 0 Å². The van der Waals surface area contributed by atoms with Gasteiger partial charge in [-0.25, -0.2) is 0 Å². The predicted octanol–water partition coefficient (Wildman–Crippen LogP) is 8.16. The van der Waals surface area contributed by atoms with Gasteiger partial charge in [0.1, 0.15) is 0 Å². The molecule has 0 saturated heterocycles. The van der Waals surface area contributed by atoms with Crippen LogP contribution in [0.3, 0.4) is 0 Å². The molecule has 0 radical (unpaired) electrons. The SMILES string of the molecule is CCCCCCOC(=O)CCCCCCCCCCC(C)CC(=O)OCCCCCC. The second kappa shape index (κ2) is 23.6. The molecule has 0 saturated carbocycles. The van der Waals surface area contributed by atoms with Crippen LogP contribution < -0.4 is 0 Å². The van der Waals surface area contributed by atoms with Crippen molar-refractivity contribution in [3.05, 3.63) is 0 Å². The number of rotatable bonds is 23. The quantitative estimate of drug-likeness (QED) is 0.119. The van der Waals surface area contributed by atoms with Crippen LogP contribution in [0.25, 0.3) is 0 Å². The Balaban J connectivity index is 3.34. The van der Waals surface area contributed by atoms with Gasteiger partial charge >= 0.3 is 11.9 Å². The zero-order valence-corrected chi connectivity index (χ0v) is 21.1. The van der Waals surface area contributed by atoms with Crippen LogP contribution in [0.2, 0.25) is 0 Å². The highest BCUT2D eigenvalue weighted by Gasteiger charge is 2.10. The lowest BCUT2D eigenvalue weighted by molar-refractivity contribution is -0.145. The van der Waals surface area contributed by atoms with Gasteiger partial charge in [0.2, 0.25) is 0 Å². The van der Waals surface area contributed by atoms with Gasteiger partial charge in [0, 0.05) is 12.8 Å². The second-order valence-corrected chi connectivity index (χ2v) is 9.24. The summed E-state index contributed by atoms with van der Waals surface area (Å²) in [5.74, 6) is 0.380. The van der Waals surface area contributed by atoms with Gasteiger partial charge in [-0.2, -0.15) is 0 Å². The maximum atomic E-state index is 11.8. The number of hydrogen-bond acceptors (Lipinski definition) is 4. The molecule has 0 rings (SSSR count). The Hall–Kier alpha value is -1.06. The maximum Gasteiger partial charge on any atom is 0.306 e. The molecule has 0 aromatic heterocycles. The van der Waals surface area contributed by atoms with E-state index in [4.69, 9.17) is 9.47 Å². The van der Waals surface area contributed by atoms with Crippen LogP contribution in [0.15, 0.2) is 0 Å². The number of unbranched alkanes of at least 4 members (excludes halogenated alkanes) is 13. The van der Waals surface area contributed by atoms with Crippen molar-refractivity contribution in [3.8, 4) is 0 Å². The highest BCUT2D eigenvalue weighted by Crippen LogP contribution is 2.16. The van der Waals surface area contributed by atoms with E-state index in [0.717, 1.165) is 44.9 Å². The van der Waals surface area contributed by atoms with E-state index in [-0.39, 0.29) is 11.9 Å². The third kappa shape index (κ3) is 23.4. The fourth-order valence-corrected chi connectivity index (χ4v) is 3.77. The maximum absolute atomic E-state index is 11.8. The number of carbonyl (C=O) groups excluding carboxylic acids is 2. The Morgan fingerprint density at radius 2 is 1.03 bits per heavy atom. The van der Waals surface area contributed by atoms with Gasteiger partial charge in [-0.3, -0.25) is 9.59 Å².